The second kappa shape index (κ2) is 2.45. The Hall–Kier alpha value is -1.10. The first-order valence-electron chi connectivity index (χ1n) is 3.62. The number of aromatic nitrogens is 1. The summed E-state index contributed by atoms with van der Waals surface area (Å²) in [5.74, 6) is -0.853. The predicted octanol–water partition coefficient (Wildman–Crippen LogP) is 0.913. The van der Waals surface area contributed by atoms with Gasteiger partial charge in [0.05, 0.1) is 11.6 Å². The largest absolute Gasteiger partial charge is 0.481 e. The van der Waals surface area contributed by atoms with E-state index in [1.165, 1.54) is 11.3 Å². The highest BCUT2D eigenvalue weighted by atomic mass is 32.1. The van der Waals surface area contributed by atoms with Gasteiger partial charge < -0.3 is 10.8 Å². The third kappa shape index (κ3) is 1.16. The summed E-state index contributed by atoms with van der Waals surface area (Å²) in [5.41, 5.74) is 6.26. The van der Waals surface area contributed by atoms with Crippen LogP contribution >= 0.6 is 11.3 Å². The molecular weight excluding hydrogens is 176 g/mol. The molecule has 1 saturated carbocycles. The van der Waals surface area contributed by atoms with Crippen LogP contribution in [-0.2, 0) is 4.79 Å². The lowest BCUT2D eigenvalue weighted by Crippen LogP contribution is -1.99. The van der Waals surface area contributed by atoms with Crippen LogP contribution in [0.15, 0.2) is 5.38 Å². The molecule has 0 radical (unpaired) electrons. The summed E-state index contributed by atoms with van der Waals surface area (Å²) in [5, 5.41) is 11.0. The molecule has 1 fully saturated rings. The summed E-state index contributed by atoms with van der Waals surface area (Å²) in [4.78, 5) is 14.5. The molecule has 0 amide bonds. The van der Waals surface area contributed by atoms with E-state index >= 15 is 0 Å². The molecule has 1 aromatic rings. The zero-order valence-corrected chi connectivity index (χ0v) is 7.04. The molecule has 3 N–H and O–H groups in total. The van der Waals surface area contributed by atoms with E-state index in [4.69, 9.17) is 10.8 Å². The molecular formula is C7H8N2O2S. The highest BCUT2D eigenvalue weighted by Gasteiger charge is 2.45. The van der Waals surface area contributed by atoms with E-state index in [1.807, 2.05) is 5.38 Å². The monoisotopic (exact) mass is 184 g/mol. The summed E-state index contributed by atoms with van der Waals surface area (Å²) in [6.07, 6.45) is 0.707. The Labute approximate surface area is 73.0 Å². The van der Waals surface area contributed by atoms with Gasteiger partial charge in [-0.1, -0.05) is 0 Å². The van der Waals surface area contributed by atoms with Crippen LogP contribution in [0.1, 0.15) is 18.0 Å². The van der Waals surface area contributed by atoms with Crippen molar-refractivity contribution in [3.8, 4) is 0 Å². The Bertz CT molecular complexity index is 323. The molecule has 2 atom stereocenters. The summed E-state index contributed by atoms with van der Waals surface area (Å²) >= 11 is 1.36. The van der Waals surface area contributed by atoms with Gasteiger partial charge in [0.2, 0.25) is 0 Å². The summed E-state index contributed by atoms with van der Waals surface area (Å²) < 4.78 is 0. The van der Waals surface area contributed by atoms with Gasteiger partial charge in [-0.3, -0.25) is 4.79 Å². The van der Waals surface area contributed by atoms with Gasteiger partial charge in [0.1, 0.15) is 0 Å². The number of nitrogen functional groups attached to an aromatic ring is 1. The molecule has 0 spiro atoms. The standard InChI is InChI=1S/C7H8N2O2S/c8-7-9-5(2-12-7)3-1-4(3)6(10)11/h2-4H,1H2,(H2,8,9)(H,10,11)/t3-,4+/m1/s1. The zero-order chi connectivity index (χ0) is 8.72. The van der Waals surface area contributed by atoms with Crippen molar-refractivity contribution < 1.29 is 9.90 Å². The highest BCUT2D eigenvalue weighted by Crippen LogP contribution is 2.47. The normalized spacial score (nSPS) is 27.0. The summed E-state index contributed by atoms with van der Waals surface area (Å²) in [6.45, 7) is 0. The lowest BCUT2D eigenvalue weighted by atomic mass is 10.2. The maximum Gasteiger partial charge on any atom is 0.307 e. The number of anilines is 1. The first-order chi connectivity index (χ1) is 5.68. The number of carbonyl (C=O) groups is 1. The maximum absolute atomic E-state index is 10.5. The van der Waals surface area contributed by atoms with E-state index in [9.17, 15) is 4.79 Å². The minimum atomic E-state index is -0.730. The van der Waals surface area contributed by atoms with Gasteiger partial charge in [-0.2, -0.15) is 0 Å². The number of aliphatic carboxylic acids is 1. The number of nitrogens with zero attached hydrogens (tertiary/aromatic N) is 1. The molecule has 2 rings (SSSR count). The van der Waals surface area contributed by atoms with Crippen molar-refractivity contribution >= 4 is 22.4 Å². The number of rotatable bonds is 2. The van der Waals surface area contributed by atoms with E-state index < -0.39 is 5.97 Å². The van der Waals surface area contributed by atoms with Crippen LogP contribution in [0.4, 0.5) is 5.13 Å². The average Bonchev–Trinajstić information content (AvgIpc) is 2.70. The molecule has 1 aliphatic rings. The summed E-state index contributed by atoms with van der Waals surface area (Å²) in [7, 11) is 0. The van der Waals surface area contributed by atoms with Crippen LogP contribution in [0, 0.1) is 5.92 Å². The fourth-order valence-corrected chi connectivity index (χ4v) is 1.89. The van der Waals surface area contributed by atoms with Crippen LogP contribution in [-0.4, -0.2) is 16.1 Å². The third-order valence-corrected chi connectivity index (χ3v) is 2.72. The van der Waals surface area contributed by atoms with Crippen molar-refractivity contribution in [1.29, 1.82) is 0 Å². The van der Waals surface area contributed by atoms with Gasteiger partial charge in [0.15, 0.2) is 5.13 Å². The fraction of sp³-hybridized carbons (Fsp3) is 0.429. The second-order valence-electron chi connectivity index (χ2n) is 2.90. The number of carboxylic acids is 1. The quantitative estimate of drug-likeness (QED) is 0.716. The van der Waals surface area contributed by atoms with Gasteiger partial charge in [0.25, 0.3) is 0 Å². The average molecular weight is 184 g/mol. The topological polar surface area (TPSA) is 76.2 Å². The van der Waals surface area contributed by atoms with E-state index in [0.29, 0.717) is 11.6 Å². The van der Waals surface area contributed by atoms with Crippen LogP contribution in [0.2, 0.25) is 0 Å². The molecule has 0 aliphatic heterocycles. The minimum absolute atomic E-state index is 0.107. The molecule has 12 heavy (non-hydrogen) atoms. The van der Waals surface area contributed by atoms with Crippen molar-refractivity contribution in [2.45, 2.75) is 12.3 Å². The van der Waals surface area contributed by atoms with Crippen molar-refractivity contribution in [1.82, 2.24) is 4.98 Å². The number of hydrogen-bond donors (Lipinski definition) is 2. The zero-order valence-electron chi connectivity index (χ0n) is 6.23. The number of thiazole rings is 1. The van der Waals surface area contributed by atoms with Crippen LogP contribution in [0.25, 0.3) is 0 Å². The molecule has 0 bridgehead atoms. The van der Waals surface area contributed by atoms with E-state index in [-0.39, 0.29) is 11.8 Å². The van der Waals surface area contributed by atoms with Crippen LogP contribution in [0.5, 0.6) is 0 Å². The van der Waals surface area contributed by atoms with E-state index in [1.54, 1.807) is 0 Å². The Balaban J connectivity index is 2.10. The SMILES string of the molecule is Nc1nc([C@@H]2C[C@@H]2C(=O)O)cs1. The highest BCUT2D eigenvalue weighted by molar-refractivity contribution is 7.13. The van der Waals surface area contributed by atoms with Crippen molar-refractivity contribution in [2.75, 3.05) is 5.73 Å². The Morgan fingerprint density at radius 3 is 3.00 bits per heavy atom. The van der Waals surface area contributed by atoms with Gasteiger partial charge in [-0.15, -0.1) is 11.3 Å². The first kappa shape index (κ1) is 7.54. The van der Waals surface area contributed by atoms with E-state index in [0.717, 1.165) is 5.69 Å². The number of carboxylic acid groups (broad SMARTS) is 1. The van der Waals surface area contributed by atoms with Gasteiger partial charge >= 0.3 is 5.97 Å². The molecule has 0 unspecified atom stereocenters. The van der Waals surface area contributed by atoms with Gasteiger partial charge in [-0.25, -0.2) is 4.98 Å². The van der Waals surface area contributed by atoms with Crippen LogP contribution in [0.3, 0.4) is 0 Å². The van der Waals surface area contributed by atoms with Crippen molar-refractivity contribution in [2.24, 2.45) is 5.92 Å². The first-order valence-corrected chi connectivity index (χ1v) is 4.50. The van der Waals surface area contributed by atoms with Gasteiger partial charge in [-0.05, 0) is 6.42 Å². The lowest BCUT2D eigenvalue weighted by Gasteiger charge is -1.88. The molecule has 4 nitrogen and oxygen atoms in total. The molecule has 1 heterocycles. The predicted molar refractivity (Wildman–Crippen MR) is 45.0 cm³/mol. The summed E-state index contributed by atoms with van der Waals surface area (Å²) in [6, 6.07) is 0. The second-order valence-corrected chi connectivity index (χ2v) is 3.79. The third-order valence-electron chi connectivity index (χ3n) is 2.03. The van der Waals surface area contributed by atoms with Crippen molar-refractivity contribution in [3.63, 3.8) is 0 Å². The van der Waals surface area contributed by atoms with Gasteiger partial charge in [0, 0.05) is 11.3 Å². The number of nitrogens with two attached hydrogens (primary N) is 1. The molecule has 1 aromatic heterocycles. The van der Waals surface area contributed by atoms with E-state index in [2.05, 4.69) is 4.98 Å². The molecule has 0 aromatic carbocycles. The Morgan fingerprint density at radius 1 is 1.83 bits per heavy atom. The van der Waals surface area contributed by atoms with Crippen molar-refractivity contribution in [3.05, 3.63) is 11.1 Å². The maximum atomic E-state index is 10.5. The smallest absolute Gasteiger partial charge is 0.307 e. The van der Waals surface area contributed by atoms with Crippen LogP contribution < -0.4 is 5.73 Å². The Kier molecular flexibility index (Phi) is 1.54. The minimum Gasteiger partial charge on any atom is -0.481 e. The lowest BCUT2D eigenvalue weighted by molar-refractivity contribution is -0.138. The molecule has 1 aliphatic carbocycles. The molecule has 5 heteroatoms. The Morgan fingerprint density at radius 2 is 2.58 bits per heavy atom. The molecule has 64 valence electrons. The fourth-order valence-electron chi connectivity index (χ4n) is 1.27. The molecule has 0 saturated heterocycles. The number of hydrogen-bond acceptors (Lipinski definition) is 4.